The van der Waals surface area contributed by atoms with Crippen molar-refractivity contribution in [3.63, 3.8) is 0 Å². The maximum atomic E-state index is 12.4. The fourth-order valence-corrected chi connectivity index (χ4v) is 6.08. The molecular formula is C14H24O2S. The van der Waals surface area contributed by atoms with Crippen LogP contribution in [0.5, 0.6) is 0 Å². The molecule has 0 amide bonds. The molecule has 2 rings (SSSR count). The van der Waals surface area contributed by atoms with Crippen molar-refractivity contribution in [1.29, 1.82) is 0 Å². The summed E-state index contributed by atoms with van der Waals surface area (Å²) in [6.45, 7) is 10.3. The molecule has 1 heterocycles. The van der Waals surface area contributed by atoms with E-state index >= 15 is 0 Å². The summed E-state index contributed by atoms with van der Waals surface area (Å²) in [6.07, 6.45) is 3.38. The van der Waals surface area contributed by atoms with E-state index in [9.17, 15) is 8.42 Å². The second kappa shape index (κ2) is 3.59. The van der Waals surface area contributed by atoms with Gasteiger partial charge in [-0.2, -0.15) is 0 Å². The van der Waals surface area contributed by atoms with Crippen LogP contribution in [0, 0.1) is 10.8 Å². The number of allylic oxidation sites excluding steroid dienone is 2. The van der Waals surface area contributed by atoms with Crippen molar-refractivity contribution < 1.29 is 8.42 Å². The van der Waals surface area contributed by atoms with Crippen LogP contribution in [-0.2, 0) is 9.84 Å². The minimum absolute atomic E-state index is 0.174. The van der Waals surface area contributed by atoms with E-state index in [2.05, 4.69) is 27.7 Å². The quantitative estimate of drug-likeness (QED) is 0.623. The smallest absolute Gasteiger partial charge is 0.154 e. The molecule has 0 saturated heterocycles. The molecule has 0 aromatic rings. The van der Waals surface area contributed by atoms with Gasteiger partial charge in [0, 0.05) is 5.41 Å². The van der Waals surface area contributed by atoms with Crippen LogP contribution in [0.25, 0.3) is 0 Å². The Bertz CT molecular complexity index is 466. The van der Waals surface area contributed by atoms with Crippen molar-refractivity contribution >= 4 is 9.84 Å². The molecule has 17 heavy (non-hydrogen) atoms. The maximum absolute atomic E-state index is 12.4. The molecule has 2 aliphatic rings. The third-order valence-corrected chi connectivity index (χ3v) is 7.72. The Balaban J connectivity index is 2.65. The molecule has 1 aliphatic heterocycles. The monoisotopic (exact) mass is 256 g/mol. The zero-order valence-corrected chi connectivity index (χ0v) is 12.4. The molecule has 2 nitrogen and oxygen atoms in total. The first-order valence-corrected chi connectivity index (χ1v) is 8.25. The van der Waals surface area contributed by atoms with Gasteiger partial charge in [-0.05, 0) is 31.6 Å². The average Bonchev–Trinajstić information content (AvgIpc) is 2.62. The highest BCUT2D eigenvalue weighted by Gasteiger charge is 2.48. The van der Waals surface area contributed by atoms with Crippen molar-refractivity contribution in [3.05, 3.63) is 11.1 Å². The van der Waals surface area contributed by atoms with Crippen LogP contribution in [0.2, 0.25) is 0 Å². The summed E-state index contributed by atoms with van der Waals surface area (Å²) in [6, 6.07) is 0. The van der Waals surface area contributed by atoms with E-state index in [4.69, 9.17) is 0 Å². The maximum Gasteiger partial charge on any atom is 0.154 e. The molecule has 0 aromatic carbocycles. The largest absolute Gasteiger partial charge is 0.228 e. The Hall–Kier alpha value is -0.310. The lowest BCUT2D eigenvalue weighted by Gasteiger charge is -2.32. The molecule has 1 aliphatic carbocycles. The molecule has 0 radical (unpaired) electrons. The minimum atomic E-state index is -3.00. The predicted molar refractivity (Wildman–Crippen MR) is 71.7 cm³/mol. The first-order chi connectivity index (χ1) is 7.59. The average molecular weight is 256 g/mol. The summed E-state index contributed by atoms with van der Waals surface area (Å²) in [7, 11) is -3.00. The predicted octanol–water partition coefficient (Wildman–Crippen LogP) is 3.34. The van der Waals surface area contributed by atoms with Crippen molar-refractivity contribution in [2.45, 2.75) is 59.1 Å². The van der Waals surface area contributed by atoms with Gasteiger partial charge in [-0.15, -0.1) is 0 Å². The Morgan fingerprint density at radius 3 is 2.18 bits per heavy atom. The van der Waals surface area contributed by atoms with Gasteiger partial charge < -0.3 is 0 Å². The Morgan fingerprint density at radius 1 is 1.06 bits per heavy atom. The summed E-state index contributed by atoms with van der Waals surface area (Å²) < 4.78 is 24.9. The van der Waals surface area contributed by atoms with Crippen LogP contribution in [0.3, 0.4) is 0 Å². The number of hydrogen-bond donors (Lipinski definition) is 0. The summed E-state index contributed by atoms with van der Waals surface area (Å²) in [4.78, 5) is 0. The van der Waals surface area contributed by atoms with E-state index < -0.39 is 9.84 Å². The van der Waals surface area contributed by atoms with Crippen LogP contribution in [0.15, 0.2) is 11.1 Å². The van der Waals surface area contributed by atoms with Crippen LogP contribution in [0.4, 0.5) is 0 Å². The van der Waals surface area contributed by atoms with E-state index in [0.29, 0.717) is 5.75 Å². The zero-order valence-electron chi connectivity index (χ0n) is 11.6. The molecular weight excluding hydrogens is 232 g/mol. The first-order valence-electron chi connectivity index (χ1n) is 6.53. The summed E-state index contributed by atoms with van der Waals surface area (Å²) in [5, 5.41) is -0.264. The Kier molecular flexibility index (Phi) is 2.78. The fraction of sp³-hybridized carbons (Fsp3) is 0.857. The lowest BCUT2D eigenvalue weighted by atomic mass is 9.74. The van der Waals surface area contributed by atoms with Crippen molar-refractivity contribution in [1.82, 2.24) is 0 Å². The van der Waals surface area contributed by atoms with Gasteiger partial charge in [0.1, 0.15) is 0 Å². The highest BCUT2D eigenvalue weighted by molar-refractivity contribution is 7.92. The third kappa shape index (κ3) is 1.87. The van der Waals surface area contributed by atoms with E-state index in [1.165, 1.54) is 17.6 Å². The summed E-state index contributed by atoms with van der Waals surface area (Å²) in [5.41, 5.74) is 2.48. The Morgan fingerprint density at radius 2 is 1.59 bits per heavy atom. The van der Waals surface area contributed by atoms with Crippen molar-refractivity contribution in [3.8, 4) is 0 Å². The van der Waals surface area contributed by atoms with Gasteiger partial charge in [-0.3, -0.25) is 0 Å². The summed E-state index contributed by atoms with van der Waals surface area (Å²) >= 11 is 0. The van der Waals surface area contributed by atoms with E-state index in [0.717, 1.165) is 12.8 Å². The number of rotatable bonds is 0. The Labute approximate surface area is 105 Å². The molecule has 0 N–H and O–H groups in total. The molecule has 0 saturated carbocycles. The molecule has 0 spiro atoms. The van der Waals surface area contributed by atoms with Gasteiger partial charge >= 0.3 is 0 Å². The van der Waals surface area contributed by atoms with Gasteiger partial charge in [0.2, 0.25) is 0 Å². The zero-order chi connectivity index (χ0) is 13.1. The number of sulfone groups is 1. The van der Waals surface area contributed by atoms with Gasteiger partial charge in [0.15, 0.2) is 9.84 Å². The molecule has 0 bridgehead atoms. The van der Waals surface area contributed by atoms with Gasteiger partial charge in [0.25, 0.3) is 0 Å². The van der Waals surface area contributed by atoms with Crippen LogP contribution in [0.1, 0.15) is 53.9 Å². The second-order valence-electron chi connectivity index (χ2n) is 6.87. The second-order valence-corrected chi connectivity index (χ2v) is 9.19. The van der Waals surface area contributed by atoms with E-state index in [1.54, 1.807) is 0 Å². The van der Waals surface area contributed by atoms with E-state index in [-0.39, 0.29) is 16.1 Å². The van der Waals surface area contributed by atoms with Crippen LogP contribution < -0.4 is 0 Å². The third-order valence-electron chi connectivity index (χ3n) is 4.93. The van der Waals surface area contributed by atoms with Gasteiger partial charge in [0.05, 0.1) is 11.0 Å². The lowest BCUT2D eigenvalue weighted by molar-refractivity contribution is 0.412. The molecule has 1 atom stereocenters. The van der Waals surface area contributed by atoms with Crippen LogP contribution >= 0.6 is 0 Å². The molecule has 0 fully saturated rings. The normalized spacial score (nSPS) is 34.3. The molecule has 98 valence electrons. The van der Waals surface area contributed by atoms with Crippen molar-refractivity contribution in [2.24, 2.45) is 10.8 Å². The van der Waals surface area contributed by atoms with Crippen LogP contribution in [-0.4, -0.2) is 19.4 Å². The van der Waals surface area contributed by atoms with Crippen molar-refractivity contribution in [2.75, 3.05) is 5.75 Å². The fourth-order valence-electron chi connectivity index (χ4n) is 3.61. The minimum Gasteiger partial charge on any atom is -0.228 e. The van der Waals surface area contributed by atoms with Gasteiger partial charge in [-0.1, -0.05) is 38.8 Å². The van der Waals surface area contributed by atoms with Gasteiger partial charge in [-0.25, -0.2) is 8.42 Å². The highest BCUT2D eigenvalue weighted by atomic mass is 32.2. The summed E-state index contributed by atoms with van der Waals surface area (Å²) in [5.74, 6) is 0.309. The standard InChI is InChI=1S/C14H24O2S/c1-10-14(4,5)12-8-6-7-11(12)13(2,3)9-17(10,15)16/h10H,6-9H2,1-5H3. The molecule has 0 aromatic heterocycles. The molecule has 1 unspecified atom stereocenters. The molecule has 3 heteroatoms. The topological polar surface area (TPSA) is 34.1 Å². The lowest BCUT2D eigenvalue weighted by Crippen LogP contribution is -2.36. The van der Waals surface area contributed by atoms with E-state index in [1.807, 2.05) is 6.92 Å². The highest BCUT2D eigenvalue weighted by Crippen LogP contribution is 2.52. The number of hydrogen-bond acceptors (Lipinski definition) is 2. The SMILES string of the molecule is CC1C(C)(C)C2=C(CCC2)C(C)(C)CS1(=O)=O. The first kappa shape index (κ1) is 13.1.